The van der Waals surface area contributed by atoms with Crippen molar-refractivity contribution in [2.75, 3.05) is 33.4 Å². The topological polar surface area (TPSA) is 60.0 Å². The van der Waals surface area contributed by atoms with Crippen LogP contribution in [0.3, 0.4) is 0 Å². The summed E-state index contributed by atoms with van der Waals surface area (Å²) in [6, 6.07) is 7.42. The number of methoxy groups -OCH3 is 1. The van der Waals surface area contributed by atoms with Gasteiger partial charge in [0.2, 0.25) is 0 Å². The Labute approximate surface area is 126 Å². The molecule has 21 heavy (non-hydrogen) atoms. The van der Waals surface area contributed by atoms with Crippen molar-refractivity contribution >= 4 is 0 Å². The minimum absolute atomic E-state index is 0.235. The van der Waals surface area contributed by atoms with E-state index in [0.717, 1.165) is 26.0 Å². The first-order valence-corrected chi connectivity index (χ1v) is 7.56. The van der Waals surface area contributed by atoms with Gasteiger partial charge in [-0.15, -0.1) is 0 Å². The van der Waals surface area contributed by atoms with E-state index in [1.165, 1.54) is 6.42 Å². The molecule has 5 heteroatoms. The summed E-state index contributed by atoms with van der Waals surface area (Å²) >= 11 is 0. The van der Waals surface area contributed by atoms with Crippen LogP contribution in [-0.2, 0) is 4.74 Å². The second-order valence-corrected chi connectivity index (χ2v) is 5.26. The van der Waals surface area contributed by atoms with Gasteiger partial charge in [0.1, 0.15) is 12.7 Å². The van der Waals surface area contributed by atoms with Gasteiger partial charge in [0.05, 0.1) is 13.2 Å². The van der Waals surface area contributed by atoms with Crippen LogP contribution < -0.4 is 14.8 Å². The maximum atomic E-state index is 9.93. The molecule has 1 aromatic carbocycles. The van der Waals surface area contributed by atoms with Crippen molar-refractivity contribution in [2.45, 2.75) is 31.5 Å². The van der Waals surface area contributed by atoms with Gasteiger partial charge in [0, 0.05) is 19.7 Å². The van der Waals surface area contributed by atoms with Gasteiger partial charge in [-0.25, -0.2) is 0 Å². The van der Waals surface area contributed by atoms with Crippen LogP contribution in [0.5, 0.6) is 11.5 Å². The van der Waals surface area contributed by atoms with Crippen molar-refractivity contribution in [3.63, 3.8) is 0 Å². The van der Waals surface area contributed by atoms with Crippen LogP contribution in [0.2, 0.25) is 0 Å². The first-order valence-electron chi connectivity index (χ1n) is 7.56. The molecule has 2 rings (SSSR count). The van der Waals surface area contributed by atoms with Gasteiger partial charge in [-0.1, -0.05) is 12.1 Å². The molecule has 1 aliphatic rings. The second-order valence-electron chi connectivity index (χ2n) is 5.26. The van der Waals surface area contributed by atoms with E-state index in [2.05, 4.69) is 5.32 Å². The Balaban J connectivity index is 1.63. The molecule has 1 fully saturated rings. The van der Waals surface area contributed by atoms with E-state index < -0.39 is 6.10 Å². The van der Waals surface area contributed by atoms with Crippen LogP contribution >= 0.6 is 0 Å². The average Bonchev–Trinajstić information content (AvgIpc) is 2.54. The molecule has 2 unspecified atom stereocenters. The summed E-state index contributed by atoms with van der Waals surface area (Å²) in [7, 11) is 1.60. The molecule has 1 aliphatic heterocycles. The molecule has 0 aliphatic carbocycles. The van der Waals surface area contributed by atoms with Crippen LogP contribution in [0.15, 0.2) is 24.3 Å². The Hall–Kier alpha value is -1.30. The monoisotopic (exact) mass is 295 g/mol. The molecule has 0 amide bonds. The van der Waals surface area contributed by atoms with Gasteiger partial charge >= 0.3 is 0 Å². The summed E-state index contributed by atoms with van der Waals surface area (Å²) in [6.07, 6.45) is 3.21. The lowest BCUT2D eigenvalue weighted by atomic mass is 10.1. The van der Waals surface area contributed by atoms with Gasteiger partial charge in [0.25, 0.3) is 0 Å². The molecule has 0 aromatic heterocycles. The number of nitrogens with one attached hydrogen (secondary N) is 1. The highest BCUT2D eigenvalue weighted by Gasteiger charge is 2.14. The highest BCUT2D eigenvalue weighted by Crippen LogP contribution is 2.25. The molecule has 1 saturated heterocycles. The lowest BCUT2D eigenvalue weighted by Crippen LogP contribution is -2.37. The number of hydrogen-bond donors (Lipinski definition) is 2. The van der Waals surface area contributed by atoms with Gasteiger partial charge in [-0.05, 0) is 31.4 Å². The van der Waals surface area contributed by atoms with Crippen molar-refractivity contribution in [1.29, 1.82) is 0 Å². The molecule has 118 valence electrons. The number of rotatable bonds is 8. The molecule has 0 spiro atoms. The Morgan fingerprint density at radius 2 is 2.14 bits per heavy atom. The summed E-state index contributed by atoms with van der Waals surface area (Å²) in [4.78, 5) is 0. The van der Waals surface area contributed by atoms with E-state index in [1.807, 2.05) is 24.3 Å². The van der Waals surface area contributed by atoms with Crippen molar-refractivity contribution in [2.24, 2.45) is 0 Å². The predicted molar refractivity (Wildman–Crippen MR) is 81.0 cm³/mol. The van der Waals surface area contributed by atoms with Gasteiger partial charge < -0.3 is 24.6 Å². The van der Waals surface area contributed by atoms with Crippen molar-refractivity contribution in [1.82, 2.24) is 5.32 Å². The van der Waals surface area contributed by atoms with Gasteiger partial charge in [-0.2, -0.15) is 0 Å². The summed E-state index contributed by atoms with van der Waals surface area (Å²) in [6.45, 7) is 2.37. The summed E-state index contributed by atoms with van der Waals surface area (Å²) < 4.78 is 16.4. The molecule has 1 heterocycles. The molecule has 0 bridgehead atoms. The molecular weight excluding hydrogens is 270 g/mol. The molecule has 5 nitrogen and oxygen atoms in total. The Morgan fingerprint density at radius 3 is 2.86 bits per heavy atom. The van der Waals surface area contributed by atoms with Crippen LogP contribution in [-0.4, -0.2) is 50.7 Å². The third-order valence-corrected chi connectivity index (χ3v) is 3.53. The number of aliphatic hydroxyl groups excluding tert-OH is 1. The van der Waals surface area contributed by atoms with E-state index in [-0.39, 0.29) is 12.7 Å². The summed E-state index contributed by atoms with van der Waals surface area (Å²) in [5.41, 5.74) is 0. The highest BCUT2D eigenvalue weighted by molar-refractivity contribution is 5.39. The molecule has 2 atom stereocenters. The van der Waals surface area contributed by atoms with Gasteiger partial charge in [0.15, 0.2) is 11.5 Å². The smallest absolute Gasteiger partial charge is 0.161 e. The Morgan fingerprint density at radius 1 is 1.33 bits per heavy atom. The maximum Gasteiger partial charge on any atom is 0.161 e. The fraction of sp³-hybridized carbons (Fsp3) is 0.625. The minimum atomic E-state index is -0.557. The largest absolute Gasteiger partial charge is 0.493 e. The average molecular weight is 295 g/mol. The van der Waals surface area contributed by atoms with Crippen molar-refractivity contribution in [3.05, 3.63) is 24.3 Å². The fourth-order valence-corrected chi connectivity index (χ4v) is 2.36. The molecular formula is C16H25NO4. The molecule has 0 saturated carbocycles. The maximum absolute atomic E-state index is 9.93. The lowest BCUT2D eigenvalue weighted by Gasteiger charge is -2.23. The minimum Gasteiger partial charge on any atom is -0.493 e. The van der Waals surface area contributed by atoms with E-state index >= 15 is 0 Å². The third-order valence-electron chi connectivity index (χ3n) is 3.53. The Bertz CT molecular complexity index is 407. The first-order chi connectivity index (χ1) is 10.3. The number of para-hydroxylation sites is 2. The van der Waals surface area contributed by atoms with Gasteiger partial charge in [-0.3, -0.25) is 0 Å². The number of benzene rings is 1. The summed E-state index contributed by atoms with van der Waals surface area (Å²) in [5, 5.41) is 13.2. The number of aliphatic hydroxyl groups is 1. The van der Waals surface area contributed by atoms with Crippen LogP contribution in [0.4, 0.5) is 0 Å². The zero-order valence-corrected chi connectivity index (χ0v) is 12.6. The van der Waals surface area contributed by atoms with E-state index in [9.17, 15) is 5.11 Å². The van der Waals surface area contributed by atoms with Crippen molar-refractivity contribution in [3.8, 4) is 11.5 Å². The van der Waals surface area contributed by atoms with Crippen LogP contribution in [0, 0.1) is 0 Å². The second kappa shape index (κ2) is 8.87. The SMILES string of the molecule is COc1ccccc1OCC(O)CNCC1CCCCO1. The number of hydrogen-bond acceptors (Lipinski definition) is 5. The zero-order chi connectivity index (χ0) is 14.9. The predicted octanol–water partition coefficient (Wildman–Crippen LogP) is 1.59. The fourth-order valence-electron chi connectivity index (χ4n) is 2.36. The van der Waals surface area contributed by atoms with Crippen LogP contribution in [0.1, 0.15) is 19.3 Å². The Kier molecular flexibility index (Phi) is 6.79. The molecule has 2 N–H and O–H groups in total. The van der Waals surface area contributed by atoms with Crippen molar-refractivity contribution < 1.29 is 19.3 Å². The highest BCUT2D eigenvalue weighted by atomic mass is 16.5. The zero-order valence-electron chi connectivity index (χ0n) is 12.6. The standard InChI is InChI=1S/C16H25NO4/c1-19-15-7-2-3-8-16(15)21-12-13(18)10-17-11-14-6-4-5-9-20-14/h2-3,7-8,13-14,17-18H,4-6,9-12H2,1H3. The van der Waals surface area contributed by atoms with E-state index in [1.54, 1.807) is 7.11 Å². The van der Waals surface area contributed by atoms with E-state index in [4.69, 9.17) is 14.2 Å². The number of ether oxygens (including phenoxy) is 3. The quantitative estimate of drug-likeness (QED) is 0.763. The molecule has 0 radical (unpaired) electrons. The summed E-state index contributed by atoms with van der Waals surface area (Å²) in [5.74, 6) is 1.32. The van der Waals surface area contributed by atoms with Crippen LogP contribution in [0.25, 0.3) is 0 Å². The molecule has 1 aromatic rings. The van der Waals surface area contributed by atoms with E-state index in [0.29, 0.717) is 18.0 Å². The third kappa shape index (κ3) is 5.53. The lowest BCUT2D eigenvalue weighted by molar-refractivity contribution is 0.0141. The normalized spacial score (nSPS) is 20.0. The first kappa shape index (κ1) is 16.1.